The van der Waals surface area contributed by atoms with Crippen LogP contribution in [0.5, 0.6) is 0 Å². The van der Waals surface area contributed by atoms with Gasteiger partial charge in [0.2, 0.25) is 5.91 Å². The van der Waals surface area contributed by atoms with E-state index in [2.05, 4.69) is 15.5 Å². The Morgan fingerprint density at radius 3 is 2.66 bits per heavy atom. The molecule has 0 unspecified atom stereocenters. The number of furan rings is 1. The zero-order valence-corrected chi connectivity index (χ0v) is 18.0. The molecule has 0 spiro atoms. The lowest BCUT2D eigenvalue weighted by Crippen LogP contribution is -2.14. The maximum Gasteiger partial charge on any atom is 0.234 e. The average Bonchev–Trinajstić information content (AvgIpc) is 3.25. The van der Waals surface area contributed by atoms with Gasteiger partial charge in [0.1, 0.15) is 5.58 Å². The zero-order chi connectivity index (χ0) is 20.5. The summed E-state index contributed by atoms with van der Waals surface area (Å²) in [5, 5.41) is 14.1. The number of nitrogens with one attached hydrogen (secondary N) is 1. The number of rotatable bonds is 5. The third-order valence-electron chi connectivity index (χ3n) is 4.07. The Balaban J connectivity index is 1.46. The lowest BCUT2D eigenvalue weighted by molar-refractivity contribution is -0.113. The summed E-state index contributed by atoms with van der Waals surface area (Å²) in [7, 11) is 1.81. The molecule has 0 saturated carbocycles. The minimum Gasteiger partial charge on any atom is -0.453 e. The highest BCUT2D eigenvalue weighted by atomic mass is 35.5. The predicted molar refractivity (Wildman–Crippen MR) is 117 cm³/mol. The van der Waals surface area contributed by atoms with E-state index in [-0.39, 0.29) is 11.7 Å². The molecule has 0 saturated heterocycles. The quantitative estimate of drug-likeness (QED) is 0.369. The van der Waals surface area contributed by atoms with Gasteiger partial charge in [0.15, 0.2) is 16.7 Å². The molecule has 29 heavy (non-hydrogen) atoms. The number of fused-ring (bicyclic) bond motifs is 1. The molecule has 0 radical (unpaired) electrons. The van der Waals surface area contributed by atoms with Crippen molar-refractivity contribution in [3.63, 3.8) is 0 Å². The molecule has 148 valence electrons. The Hall–Kier alpha value is -2.19. The molecule has 4 rings (SSSR count). The van der Waals surface area contributed by atoms with E-state index in [0.717, 1.165) is 5.39 Å². The molecule has 0 aliphatic rings. The average molecular weight is 468 g/mol. The third kappa shape index (κ3) is 4.38. The van der Waals surface area contributed by atoms with Crippen LogP contribution in [0.1, 0.15) is 0 Å². The van der Waals surface area contributed by atoms with Crippen molar-refractivity contribution < 1.29 is 9.21 Å². The lowest BCUT2D eigenvalue weighted by atomic mass is 10.2. The van der Waals surface area contributed by atoms with Gasteiger partial charge in [0, 0.05) is 22.5 Å². The first-order valence-corrected chi connectivity index (χ1v) is 10.5. The Morgan fingerprint density at radius 2 is 1.86 bits per heavy atom. The van der Waals surface area contributed by atoms with Gasteiger partial charge >= 0.3 is 0 Å². The largest absolute Gasteiger partial charge is 0.453 e. The number of amides is 1. The predicted octanol–water partition coefficient (Wildman–Crippen LogP) is 5.92. The Labute approximate surface area is 185 Å². The first kappa shape index (κ1) is 20.1. The van der Waals surface area contributed by atoms with Crippen LogP contribution in [-0.2, 0) is 11.8 Å². The van der Waals surface area contributed by atoms with E-state index in [4.69, 9.17) is 39.2 Å². The van der Waals surface area contributed by atoms with Gasteiger partial charge in [0.25, 0.3) is 0 Å². The normalized spacial score (nSPS) is 11.2. The third-order valence-corrected chi connectivity index (χ3v) is 5.87. The van der Waals surface area contributed by atoms with Gasteiger partial charge < -0.3 is 14.3 Å². The Morgan fingerprint density at radius 1 is 1.10 bits per heavy atom. The Bertz CT molecular complexity index is 1220. The molecule has 2 aromatic heterocycles. The number of hydrogen-bond donors (Lipinski definition) is 1. The van der Waals surface area contributed by atoms with E-state index in [1.807, 2.05) is 19.2 Å². The minimum absolute atomic E-state index is 0.140. The fraction of sp³-hybridized carbons (Fsp3) is 0.105. The van der Waals surface area contributed by atoms with Crippen LogP contribution in [0.4, 0.5) is 5.69 Å². The van der Waals surface area contributed by atoms with Crippen LogP contribution in [0.25, 0.3) is 22.6 Å². The number of carbonyl (C=O) groups is 1. The highest BCUT2D eigenvalue weighted by molar-refractivity contribution is 7.99. The number of aromatic nitrogens is 3. The van der Waals surface area contributed by atoms with Gasteiger partial charge in [-0.05, 0) is 42.5 Å². The summed E-state index contributed by atoms with van der Waals surface area (Å²) in [4.78, 5) is 12.2. The maximum atomic E-state index is 12.2. The molecule has 0 aliphatic heterocycles. The van der Waals surface area contributed by atoms with Gasteiger partial charge in [-0.2, -0.15) is 0 Å². The molecule has 0 atom stereocenters. The van der Waals surface area contributed by atoms with E-state index in [9.17, 15) is 4.79 Å². The van der Waals surface area contributed by atoms with Crippen molar-refractivity contribution in [2.24, 2.45) is 7.05 Å². The molecule has 0 aliphatic carbocycles. The number of hydrogen-bond acceptors (Lipinski definition) is 5. The highest BCUT2D eigenvalue weighted by Gasteiger charge is 2.17. The van der Waals surface area contributed by atoms with Crippen molar-refractivity contribution in [1.82, 2.24) is 14.8 Å². The van der Waals surface area contributed by atoms with Crippen molar-refractivity contribution in [2.45, 2.75) is 5.16 Å². The summed E-state index contributed by atoms with van der Waals surface area (Å²) < 4.78 is 7.61. The van der Waals surface area contributed by atoms with Gasteiger partial charge in [-0.1, -0.05) is 46.6 Å². The summed E-state index contributed by atoms with van der Waals surface area (Å²) in [6, 6.07) is 12.1. The molecular formula is C19H13Cl3N4O2S. The molecule has 10 heteroatoms. The molecule has 4 aromatic rings. The molecule has 1 amide bonds. The van der Waals surface area contributed by atoms with E-state index in [1.165, 1.54) is 11.8 Å². The first-order valence-electron chi connectivity index (χ1n) is 8.37. The first-order chi connectivity index (χ1) is 13.9. The van der Waals surface area contributed by atoms with Crippen LogP contribution in [0, 0.1) is 0 Å². The van der Waals surface area contributed by atoms with Crippen molar-refractivity contribution in [3.8, 4) is 11.6 Å². The standard InChI is InChI=1S/C19H13Cl3N4O2S/c1-26-18(16-7-10-6-11(20)3-5-15(10)28-16)24-25-19(26)29-9-17(27)23-14-4-2-12(21)8-13(14)22/h2-8H,9H2,1H3,(H,23,27). The second-order valence-electron chi connectivity index (χ2n) is 6.12. The lowest BCUT2D eigenvalue weighted by Gasteiger charge is -2.07. The zero-order valence-electron chi connectivity index (χ0n) is 14.9. The highest BCUT2D eigenvalue weighted by Crippen LogP contribution is 2.30. The molecule has 6 nitrogen and oxygen atoms in total. The molecule has 0 fully saturated rings. The number of halogens is 3. The monoisotopic (exact) mass is 466 g/mol. The van der Waals surface area contributed by atoms with Crippen molar-refractivity contribution in [2.75, 3.05) is 11.1 Å². The van der Waals surface area contributed by atoms with Gasteiger partial charge in [0.05, 0.1) is 16.5 Å². The van der Waals surface area contributed by atoms with Crippen LogP contribution in [-0.4, -0.2) is 26.4 Å². The SMILES string of the molecule is Cn1c(SCC(=O)Nc2ccc(Cl)cc2Cl)nnc1-c1cc2cc(Cl)ccc2o1. The smallest absolute Gasteiger partial charge is 0.234 e. The fourth-order valence-corrected chi connectivity index (χ4v) is 4.03. The van der Waals surface area contributed by atoms with E-state index in [0.29, 0.717) is 43.1 Å². The maximum absolute atomic E-state index is 12.2. The summed E-state index contributed by atoms with van der Waals surface area (Å²) in [6.07, 6.45) is 0. The number of thioether (sulfide) groups is 1. The van der Waals surface area contributed by atoms with Gasteiger partial charge in [-0.15, -0.1) is 10.2 Å². The molecule has 2 heterocycles. The van der Waals surface area contributed by atoms with Crippen molar-refractivity contribution in [1.29, 1.82) is 0 Å². The summed E-state index contributed by atoms with van der Waals surface area (Å²) in [5.74, 6) is 1.05. The molecule has 1 N–H and O–H groups in total. The van der Waals surface area contributed by atoms with E-state index in [1.54, 1.807) is 34.9 Å². The fourth-order valence-electron chi connectivity index (χ4n) is 2.69. The van der Waals surface area contributed by atoms with Crippen LogP contribution < -0.4 is 5.32 Å². The summed E-state index contributed by atoms with van der Waals surface area (Å²) in [5.41, 5.74) is 1.21. The minimum atomic E-state index is -0.220. The number of nitrogens with zero attached hydrogens (tertiary/aromatic N) is 3. The van der Waals surface area contributed by atoms with Crippen molar-refractivity contribution in [3.05, 3.63) is 57.5 Å². The van der Waals surface area contributed by atoms with Crippen LogP contribution >= 0.6 is 46.6 Å². The van der Waals surface area contributed by atoms with Crippen LogP contribution in [0.15, 0.2) is 52.0 Å². The van der Waals surface area contributed by atoms with E-state index < -0.39 is 0 Å². The van der Waals surface area contributed by atoms with Crippen molar-refractivity contribution >= 4 is 69.1 Å². The number of carbonyl (C=O) groups excluding carboxylic acids is 1. The van der Waals surface area contributed by atoms with E-state index >= 15 is 0 Å². The molecular weight excluding hydrogens is 455 g/mol. The van der Waals surface area contributed by atoms with Gasteiger partial charge in [-0.3, -0.25) is 4.79 Å². The second kappa shape index (κ2) is 8.28. The molecule has 2 aromatic carbocycles. The number of anilines is 1. The number of benzene rings is 2. The Kier molecular flexibility index (Phi) is 5.74. The summed E-state index contributed by atoms with van der Waals surface area (Å²) in [6.45, 7) is 0. The second-order valence-corrected chi connectivity index (χ2v) is 8.34. The topological polar surface area (TPSA) is 73.0 Å². The van der Waals surface area contributed by atoms with Crippen LogP contribution in [0.3, 0.4) is 0 Å². The van der Waals surface area contributed by atoms with Gasteiger partial charge in [-0.25, -0.2) is 0 Å². The molecule has 0 bridgehead atoms. The van der Waals surface area contributed by atoms with Crippen LogP contribution in [0.2, 0.25) is 15.1 Å². The summed E-state index contributed by atoms with van der Waals surface area (Å²) >= 11 is 19.2.